The van der Waals surface area contributed by atoms with Gasteiger partial charge in [0, 0.05) is 6.07 Å². The predicted molar refractivity (Wildman–Crippen MR) is 65.4 cm³/mol. The first-order valence-electron chi connectivity index (χ1n) is 4.95. The molecule has 90 valence electrons. The monoisotopic (exact) mass is 272 g/mol. The third-order valence-corrected chi connectivity index (χ3v) is 2.88. The van der Waals surface area contributed by atoms with Crippen molar-refractivity contribution in [1.82, 2.24) is 0 Å². The minimum Gasteiger partial charge on any atom is -0.486 e. The van der Waals surface area contributed by atoms with Crippen LogP contribution in [0.15, 0.2) is 34.7 Å². The molecule has 1 aromatic heterocycles. The van der Waals surface area contributed by atoms with Crippen molar-refractivity contribution in [3.63, 3.8) is 0 Å². The van der Waals surface area contributed by atoms with Gasteiger partial charge in [-0.3, -0.25) is 0 Å². The van der Waals surface area contributed by atoms with Crippen LogP contribution in [0.25, 0.3) is 0 Å². The van der Waals surface area contributed by atoms with Gasteiger partial charge in [-0.2, -0.15) is 0 Å². The van der Waals surface area contributed by atoms with Crippen molar-refractivity contribution in [2.45, 2.75) is 13.2 Å². The zero-order chi connectivity index (χ0) is 12.3. The van der Waals surface area contributed by atoms with Gasteiger partial charge >= 0.3 is 0 Å². The molecule has 0 atom stereocenters. The van der Waals surface area contributed by atoms with Gasteiger partial charge in [-0.05, 0) is 24.3 Å². The van der Waals surface area contributed by atoms with E-state index in [1.807, 2.05) is 0 Å². The minimum absolute atomic E-state index is 0.118. The highest BCUT2D eigenvalue weighted by Crippen LogP contribution is 2.26. The minimum atomic E-state index is -0.118. The Hall–Kier alpha value is -1.16. The van der Waals surface area contributed by atoms with Crippen LogP contribution in [0.5, 0.6) is 5.75 Å². The molecule has 2 aromatic rings. The number of ether oxygens (including phenoxy) is 1. The number of benzene rings is 1. The zero-order valence-corrected chi connectivity index (χ0v) is 10.3. The Labute approximate surface area is 109 Å². The van der Waals surface area contributed by atoms with Crippen molar-refractivity contribution in [1.29, 1.82) is 0 Å². The van der Waals surface area contributed by atoms with Gasteiger partial charge in [0.2, 0.25) is 0 Å². The van der Waals surface area contributed by atoms with E-state index in [9.17, 15) is 0 Å². The number of furan rings is 1. The highest BCUT2D eigenvalue weighted by atomic mass is 35.5. The average Bonchev–Trinajstić information content (AvgIpc) is 2.79. The van der Waals surface area contributed by atoms with E-state index in [2.05, 4.69) is 0 Å². The van der Waals surface area contributed by atoms with E-state index in [0.29, 0.717) is 27.3 Å². The molecule has 1 heterocycles. The standard InChI is InChI=1S/C12H10Cl2O3/c13-11-4-3-8(5-12(11)14)16-7-10-2-1-9(6-15)17-10/h1-5,15H,6-7H2. The van der Waals surface area contributed by atoms with Crippen LogP contribution in [-0.4, -0.2) is 5.11 Å². The van der Waals surface area contributed by atoms with Crippen LogP contribution in [0.1, 0.15) is 11.5 Å². The summed E-state index contributed by atoms with van der Waals surface area (Å²) < 4.78 is 10.7. The molecule has 1 aromatic carbocycles. The summed E-state index contributed by atoms with van der Waals surface area (Å²) in [6.45, 7) is 0.157. The van der Waals surface area contributed by atoms with E-state index in [1.165, 1.54) is 0 Å². The predicted octanol–water partition coefficient (Wildman–Crippen LogP) is 3.66. The lowest BCUT2D eigenvalue weighted by atomic mass is 10.3. The SMILES string of the molecule is OCc1ccc(COc2ccc(Cl)c(Cl)c2)o1. The molecular weight excluding hydrogens is 263 g/mol. The summed E-state index contributed by atoms with van der Waals surface area (Å²) in [6, 6.07) is 8.49. The fourth-order valence-corrected chi connectivity index (χ4v) is 1.59. The second kappa shape index (κ2) is 5.45. The number of rotatable bonds is 4. The summed E-state index contributed by atoms with van der Waals surface area (Å²) in [5, 5.41) is 9.77. The summed E-state index contributed by atoms with van der Waals surface area (Å²) >= 11 is 11.6. The molecule has 0 aliphatic heterocycles. The average molecular weight is 273 g/mol. The lowest BCUT2D eigenvalue weighted by Gasteiger charge is -2.05. The van der Waals surface area contributed by atoms with Crippen molar-refractivity contribution in [2.75, 3.05) is 0 Å². The molecule has 0 aliphatic carbocycles. The van der Waals surface area contributed by atoms with Crippen molar-refractivity contribution in [3.8, 4) is 5.75 Å². The summed E-state index contributed by atoms with van der Waals surface area (Å²) in [5.74, 6) is 1.76. The first-order chi connectivity index (χ1) is 8.19. The highest BCUT2D eigenvalue weighted by molar-refractivity contribution is 6.42. The Morgan fingerprint density at radius 1 is 1.06 bits per heavy atom. The maximum Gasteiger partial charge on any atom is 0.146 e. The quantitative estimate of drug-likeness (QED) is 0.924. The van der Waals surface area contributed by atoms with Gasteiger partial charge in [-0.1, -0.05) is 23.2 Å². The summed E-state index contributed by atoms with van der Waals surface area (Å²) in [7, 11) is 0. The lowest BCUT2D eigenvalue weighted by Crippen LogP contribution is -1.93. The van der Waals surface area contributed by atoms with Crippen LogP contribution in [0.3, 0.4) is 0 Å². The molecule has 0 saturated heterocycles. The van der Waals surface area contributed by atoms with E-state index in [0.717, 1.165) is 0 Å². The first kappa shape index (κ1) is 12.3. The number of halogens is 2. The summed E-state index contributed by atoms with van der Waals surface area (Å²) in [4.78, 5) is 0. The Morgan fingerprint density at radius 2 is 1.82 bits per heavy atom. The molecule has 2 rings (SSSR count). The van der Waals surface area contributed by atoms with E-state index < -0.39 is 0 Å². The fraction of sp³-hybridized carbons (Fsp3) is 0.167. The molecule has 0 unspecified atom stereocenters. The Morgan fingerprint density at radius 3 is 2.47 bits per heavy atom. The van der Waals surface area contributed by atoms with Crippen LogP contribution in [-0.2, 0) is 13.2 Å². The van der Waals surface area contributed by atoms with E-state index in [-0.39, 0.29) is 13.2 Å². The summed E-state index contributed by atoms with van der Waals surface area (Å²) in [6.07, 6.45) is 0. The molecule has 17 heavy (non-hydrogen) atoms. The molecule has 1 N–H and O–H groups in total. The van der Waals surface area contributed by atoms with E-state index in [1.54, 1.807) is 30.3 Å². The molecule has 0 saturated carbocycles. The fourth-order valence-electron chi connectivity index (χ4n) is 1.31. The number of hydrogen-bond donors (Lipinski definition) is 1. The molecule has 0 spiro atoms. The van der Waals surface area contributed by atoms with Crippen LogP contribution < -0.4 is 4.74 Å². The van der Waals surface area contributed by atoms with Gasteiger partial charge in [0.25, 0.3) is 0 Å². The van der Waals surface area contributed by atoms with E-state index in [4.69, 9.17) is 37.5 Å². The molecule has 0 bridgehead atoms. The first-order valence-corrected chi connectivity index (χ1v) is 5.71. The van der Waals surface area contributed by atoms with Gasteiger partial charge in [0.15, 0.2) is 0 Å². The van der Waals surface area contributed by atoms with Crippen LogP contribution in [0, 0.1) is 0 Å². The highest BCUT2D eigenvalue weighted by Gasteiger charge is 2.04. The third kappa shape index (κ3) is 3.16. The van der Waals surface area contributed by atoms with Gasteiger partial charge in [-0.25, -0.2) is 0 Å². The lowest BCUT2D eigenvalue weighted by molar-refractivity contribution is 0.225. The zero-order valence-electron chi connectivity index (χ0n) is 8.82. The Balaban J connectivity index is 1.99. The molecule has 0 amide bonds. The van der Waals surface area contributed by atoms with Gasteiger partial charge in [-0.15, -0.1) is 0 Å². The second-order valence-electron chi connectivity index (χ2n) is 3.39. The normalized spacial score (nSPS) is 10.5. The van der Waals surface area contributed by atoms with Crippen LogP contribution >= 0.6 is 23.2 Å². The number of aliphatic hydroxyl groups is 1. The maximum atomic E-state index is 8.84. The van der Waals surface area contributed by atoms with Crippen molar-refractivity contribution < 1.29 is 14.3 Å². The van der Waals surface area contributed by atoms with Crippen molar-refractivity contribution >= 4 is 23.2 Å². The molecule has 5 heteroatoms. The van der Waals surface area contributed by atoms with Crippen molar-refractivity contribution in [2.24, 2.45) is 0 Å². The van der Waals surface area contributed by atoms with Crippen molar-refractivity contribution in [3.05, 3.63) is 51.9 Å². The van der Waals surface area contributed by atoms with E-state index >= 15 is 0 Å². The molecule has 0 fully saturated rings. The van der Waals surface area contributed by atoms with Gasteiger partial charge < -0.3 is 14.3 Å². The largest absolute Gasteiger partial charge is 0.486 e. The van der Waals surface area contributed by atoms with Gasteiger partial charge in [0.05, 0.1) is 10.0 Å². The van der Waals surface area contributed by atoms with Crippen LogP contribution in [0.4, 0.5) is 0 Å². The Kier molecular flexibility index (Phi) is 3.94. The molecular formula is C12H10Cl2O3. The number of hydrogen-bond acceptors (Lipinski definition) is 3. The Bertz CT molecular complexity index is 508. The summed E-state index contributed by atoms with van der Waals surface area (Å²) in [5.41, 5.74) is 0. The third-order valence-electron chi connectivity index (χ3n) is 2.15. The topological polar surface area (TPSA) is 42.6 Å². The smallest absolute Gasteiger partial charge is 0.146 e. The molecule has 3 nitrogen and oxygen atoms in total. The van der Waals surface area contributed by atoms with Crippen LogP contribution in [0.2, 0.25) is 10.0 Å². The molecule has 0 aliphatic rings. The maximum absolute atomic E-state index is 8.84. The number of aliphatic hydroxyl groups excluding tert-OH is 1. The molecule has 0 radical (unpaired) electrons. The second-order valence-corrected chi connectivity index (χ2v) is 4.21. The van der Waals surface area contributed by atoms with Gasteiger partial charge in [0.1, 0.15) is 30.5 Å².